The van der Waals surface area contributed by atoms with Crippen molar-refractivity contribution in [1.29, 1.82) is 0 Å². The zero-order valence-electron chi connectivity index (χ0n) is 24.5. The van der Waals surface area contributed by atoms with Crippen molar-refractivity contribution in [1.82, 2.24) is 20.9 Å². The normalized spacial score (nSPS) is 16.4. The van der Waals surface area contributed by atoms with Crippen LogP contribution >= 0.6 is 0 Å². The minimum atomic E-state index is -1.04. The number of hydrogen-bond acceptors (Lipinski definition) is 8. The molecule has 0 saturated carbocycles. The molecule has 4 unspecified atom stereocenters. The maximum atomic E-state index is 13.7. The molecule has 0 spiro atoms. The number of nitrogens with one attached hydrogen (secondary N) is 3. The first-order valence-corrected chi connectivity index (χ1v) is 14.2. The lowest BCUT2D eigenvalue weighted by Gasteiger charge is -2.27. The number of aliphatic hydroxyl groups is 1. The van der Waals surface area contributed by atoms with Gasteiger partial charge in [0.1, 0.15) is 17.8 Å². The minimum Gasteiger partial charge on any atom is -0.497 e. The van der Waals surface area contributed by atoms with Gasteiger partial charge in [-0.1, -0.05) is 49.4 Å². The fraction of sp³-hybridized carbons (Fsp3) is 0.484. The molecule has 0 radical (unpaired) electrons. The van der Waals surface area contributed by atoms with Crippen LogP contribution in [-0.2, 0) is 36.8 Å². The van der Waals surface area contributed by atoms with Crippen molar-refractivity contribution < 1.29 is 33.8 Å². The van der Waals surface area contributed by atoms with Crippen LogP contribution in [0.5, 0.6) is 5.75 Å². The van der Waals surface area contributed by atoms with Gasteiger partial charge in [-0.3, -0.25) is 24.1 Å². The smallest absolute Gasteiger partial charge is 0.243 e. The molecule has 4 atom stereocenters. The molecule has 1 fully saturated rings. The summed E-state index contributed by atoms with van der Waals surface area (Å²) in [5.74, 6) is -1.74. The number of ether oxygens (including phenoxy) is 2. The Morgan fingerprint density at radius 3 is 2.07 bits per heavy atom. The van der Waals surface area contributed by atoms with E-state index in [0.29, 0.717) is 32.1 Å². The second-order valence-corrected chi connectivity index (χ2v) is 10.5. The molecular formula is C31H42N4O7. The molecule has 0 aromatic heterocycles. The maximum Gasteiger partial charge on any atom is 0.243 e. The first-order chi connectivity index (χ1) is 20.2. The lowest BCUT2D eigenvalue weighted by Crippen LogP contribution is -2.57. The number of nitrogens with zero attached hydrogens (tertiary/aromatic N) is 1. The van der Waals surface area contributed by atoms with Gasteiger partial charge in [0.2, 0.25) is 17.7 Å². The van der Waals surface area contributed by atoms with Crippen LogP contribution in [-0.4, -0.2) is 98.2 Å². The van der Waals surface area contributed by atoms with E-state index in [4.69, 9.17) is 9.47 Å². The molecule has 2 aromatic carbocycles. The summed E-state index contributed by atoms with van der Waals surface area (Å²) in [4.78, 5) is 54.5. The van der Waals surface area contributed by atoms with E-state index in [1.807, 2.05) is 35.2 Å². The molecule has 11 nitrogen and oxygen atoms in total. The van der Waals surface area contributed by atoms with E-state index in [-0.39, 0.29) is 37.7 Å². The van der Waals surface area contributed by atoms with E-state index in [2.05, 4.69) is 16.0 Å². The highest BCUT2D eigenvalue weighted by molar-refractivity contribution is 5.95. The fourth-order valence-corrected chi connectivity index (χ4v) is 4.60. The predicted molar refractivity (Wildman–Crippen MR) is 157 cm³/mol. The number of amides is 3. The molecule has 2 aromatic rings. The standard InChI is InChI=1S/C31H42N4O7/c1-21(20-36)29(38)26(17-23-7-5-4-6-8-23)33-31(40)27(18-24-9-11-25(41-3)12-10-24)34-30(39)22(2)32-28(37)19-35-13-15-42-16-14-35/h4-12,21-22,26-27,36H,13-20H2,1-3H3,(H,32,37)(H,33,40)(H,34,39). The minimum absolute atomic E-state index is 0.137. The molecule has 228 valence electrons. The van der Waals surface area contributed by atoms with Gasteiger partial charge in [0.25, 0.3) is 0 Å². The van der Waals surface area contributed by atoms with Crippen LogP contribution in [0.3, 0.4) is 0 Å². The lowest BCUT2D eigenvalue weighted by atomic mass is 9.94. The second-order valence-electron chi connectivity index (χ2n) is 10.5. The van der Waals surface area contributed by atoms with Crippen molar-refractivity contribution in [3.63, 3.8) is 0 Å². The van der Waals surface area contributed by atoms with E-state index in [0.717, 1.165) is 11.1 Å². The van der Waals surface area contributed by atoms with Gasteiger partial charge >= 0.3 is 0 Å². The first kappa shape index (κ1) is 32.7. The monoisotopic (exact) mass is 582 g/mol. The summed E-state index contributed by atoms with van der Waals surface area (Å²) in [5, 5.41) is 17.9. The van der Waals surface area contributed by atoms with Crippen LogP contribution in [0, 0.1) is 5.92 Å². The summed E-state index contributed by atoms with van der Waals surface area (Å²) in [6.07, 6.45) is 0.366. The molecule has 42 heavy (non-hydrogen) atoms. The molecule has 1 aliphatic heterocycles. The summed E-state index contributed by atoms with van der Waals surface area (Å²) in [6.45, 7) is 5.32. The Hall–Kier alpha value is -3.80. The van der Waals surface area contributed by atoms with Gasteiger partial charge in [-0.05, 0) is 36.6 Å². The van der Waals surface area contributed by atoms with E-state index in [1.54, 1.807) is 45.2 Å². The number of carbonyl (C=O) groups is 4. The van der Waals surface area contributed by atoms with E-state index in [1.165, 1.54) is 0 Å². The quantitative estimate of drug-likeness (QED) is 0.237. The number of hydrogen-bond donors (Lipinski definition) is 4. The third-order valence-corrected chi connectivity index (χ3v) is 7.18. The zero-order chi connectivity index (χ0) is 30.5. The molecule has 1 saturated heterocycles. The Morgan fingerprint density at radius 2 is 1.45 bits per heavy atom. The summed E-state index contributed by atoms with van der Waals surface area (Å²) in [6, 6.07) is 13.5. The Morgan fingerprint density at radius 1 is 0.857 bits per heavy atom. The van der Waals surface area contributed by atoms with E-state index < -0.39 is 35.9 Å². The van der Waals surface area contributed by atoms with Crippen LogP contribution < -0.4 is 20.7 Å². The third kappa shape index (κ3) is 10.2. The van der Waals surface area contributed by atoms with Crippen molar-refractivity contribution in [3.8, 4) is 5.75 Å². The molecule has 1 heterocycles. The highest BCUT2D eigenvalue weighted by Gasteiger charge is 2.30. The number of aliphatic hydroxyl groups excluding tert-OH is 1. The van der Waals surface area contributed by atoms with Gasteiger partial charge in [-0.2, -0.15) is 0 Å². The Balaban J connectivity index is 1.74. The summed E-state index contributed by atoms with van der Waals surface area (Å²) < 4.78 is 10.5. The summed E-state index contributed by atoms with van der Waals surface area (Å²) in [7, 11) is 1.55. The van der Waals surface area contributed by atoms with Gasteiger partial charge in [0.05, 0.1) is 39.5 Å². The topological polar surface area (TPSA) is 146 Å². The Labute approximate surface area is 246 Å². The maximum absolute atomic E-state index is 13.7. The number of ketones is 1. The molecule has 11 heteroatoms. The molecule has 1 aliphatic rings. The number of carbonyl (C=O) groups excluding carboxylic acids is 4. The molecule has 0 bridgehead atoms. The number of Topliss-reactive ketones (excluding diaryl/α,β-unsaturated/α-hetero) is 1. The van der Waals surface area contributed by atoms with Crippen LogP contribution in [0.4, 0.5) is 0 Å². The van der Waals surface area contributed by atoms with Crippen LogP contribution in [0.1, 0.15) is 25.0 Å². The van der Waals surface area contributed by atoms with Crippen LogP contribution in [0.2, 0.25) is 0 Å². The van der Waals surface area contributed by atoms with Gasteiger partial charge in [-0.15, -0.1) is 0 Å². The van der Waals surface area contributed by atoms with Gasteiger partial charge in [0, 0.05) is 25.4 Å². The number of morpholine rings is 1. The third-order valence-electron chi connectivity index (χ3n) is 7.18. The lowest BCUT2D eigenvalue weighted by molar-refractivity contribution is -0.134. The summed E-state index contributed by atoms with van der Waals surface area (Å²) >= 11 is 0. The Kier molecular flexibility index (Phi) is 12.9. The highest BCUT2D eigenvalue weighted by atomic mass is 16.5. The molecule has 0 aliphatic carbocycles. The predicted octanol–water partition coefficient (Wildman–Crippen LogP) is 0.484. The van der Waals surface area contributed by atoms with Gasteiger partial charge in [-0.25, -0.2) is 0 Å². The van der Waals surface area contributed by atoms with E-state index >= 15 is 0 Å². The van der Waals surface area contributed by atoms with Crippen molar-refractivity contribution in [2.45, 2.75) is 44.8 Å². The largest absolute Gasteiger partial charge is 0.497 e. The molecular weight excluding hydrogens is 540 g/mol. The van der Waals surface area contributed by atoms with Gasteiger partial charge in [0.15, 0.2) is 5.78 Å². The highest BCUT2D eigenvalue weighted by Crippen LogP contribution is 2.14. The van der Waals surface area contributed by atoms with Gasteiger partial charge < -0.3 is 30.5 Å². The van der Waals surface area contributed by atoms with Crippen molar-refractivity contribution in [2.75, 3.05) is 46.6 Å². The van der Waals surface area contributed by atoms with Crippen molar-refractivity contribution >= 4 is 23.5 Å². The fourth-order valence-electron chi connectivity index (χ4n) is 4.60. The molecule has 3 amide bonds. The zero-order valence-corrected chi connectivity index (χ0v) is 24.5. The molecule has 4 N–H and O–H groups in total. The number of methoxy groups -OCH3 is 1. The molecule has 3 rings (SSSR count). The average Bonchev–Trinajstić information content (AvgIpc) is 3.00. The van der Waals surface area contributed by atoms with Crippen molar-refractivity contribution in [2.24, 2.45) is 5.92 Å². The van der Waals surface area contributed by atoms with Crippen LogP contribution in [0.15, 0.2) is 54.6 Å². The van der Waals surface area contributed by atoms with Crippen molar-refractivity contribution in [3.05, 3.63) is 65.7 Å². The second kappa shape index (κ2) is 16.6. The summed E-state index contributed by atoms with van der Waals surface area (Å²) in [5.41, 5.74) is 1.60. The number of benzene rings is 2. The SMILES string of the molecule is COc1ccc(CC(NC(=O)C(C)NC(=O)CN2CCOCC2)C(=O)NC(Cc2ccccc2)C(=O)C(C)CO)cc1. The number of rotatable bonds is 15. The first-order valence-electron chi connectivity index (χ1n) is 14.2. The average molecular weight is 583 g/mol. The Bertz CT molecular complexity index is 1170. The van der Waals surface area contributed by atoms with E-state index in [9.17, 15) is 24.3 Å². The van der Waals surface area contributed by atoms with Crippen LogP contribution in [0.25, 0.3) is 0 Å².